The van der Waals surface area contributed by atoms with E-state index in [0.29, 0.717) is 21.2 Å². The van der Waals surface area contributed by atoms with Crippen LogP contribution in [0.5, 0.6) is 0 Å². The standard InChI is InChI=1S/C20H14Cl2FNO3S/c1-2-27-20(26)17-15(11-3-6-13(23)7-4-11)10-28-19(17)24-18(25)14-8-5-12(21)9-16(14)22/h3-10H,2H2,1H3,(H,24,25). The lowest BCUT2D eigenvalue weighted by molar-refractivity contribution is 0.0529. The summed E-state index contributed by atoms with van der Waals surface area (Å²) in [4.78, 5) is 25.2. The highest BCUT2D eigenvalue weighted by molar-refractivity contribution is 7.15. The molecule has 144 valence electrons. The third-order valence-electron chi connectivity index (χ3n) is 3.83. The van der Waals surface area contributed by atoms with Crippen LogP contribution >= 0.6 is 34.5 Å². The van der Waals surface area contributed by atoms with Gasteiger partial charge in [0.25, 0.3) is 5.91 Å². The van der Waals surface area contributed by atoms with Crippen LogP contribution in [-0.2, 0) is 4.74 Å². The van der Waals surface area contributed by atoms with E-state index >= 15 is 0 Å². The smallest absolute Gasteiger partial charge is 0.341 e. The second kappa shape index (κ2) is 8.73. The lowest BCUT2D eigenvalue weighted by Crippen LogP contribution is -2.15. The Hall–Kier alpha value is -2.41. The molecule has 0 saturated carbocycles. The van der Waals surface area contributed by atoms with Gasteiger partial charge in [-0.1, -0.05) is 35.3 Å². The molecule has 3 rings (SSSR count). The summed E-state index contributed by atoms with van der Waals surface area (Å²) in [6, 6.07) is 10.2. The highest BCUT2D eigenvalue weighted by Gasteiger charge is 2.23. The van der Waals surface area contributed by atoms with Crippen LogP contribution in [0.15, 0.2) is 47.8 Å². The maximum Gasteiger partial charge on any atom is 0.341 e. The Bertz CT molecular complexity index is 1030. The zero-order valence-electron chi connectivity index (χ0n) is 14.6. The normalized spacial score (nSPS) is 10.6. The fourth-order valence-electron chi connectivity index (χ4n) is 2.54. The molecule has 1 N–H and O–H groups in total. The molecule has 1 aromatic heterocycles. The number of nitrogens with one attached hydrogen (secondary N) is 1. The largest absolute Gasteiger partial charge is 0.462 e. The van der Waals surface area contributed by atoms with Crippen molar-refractivity contribution in [2.75, 3.05) is 11.9 Å². The number of halogens is 3. The molecule has 0 saturated heterocycles. The maximum absolute atomic E-state index is 13.2. The lowest BCUT2D eigenvalue weighted by Gasteiger charge is -2.10. The molecule has 0 fully saturated rings. The summed E-state index contributed by atoms with van der Waals surface area (Å²) in [5.74, 6) is -1.46. The molecule has 0 aliphatic heterocycles. The molecule has 1 heterocycles. The van der Waals surface area contributed by atoms with E-state index < -0.39 is 11.9 Å². The van der Waals surface area contributed by atoms with Gasteiger partial charge in [0.2, 0.25) is 0 Å². The minimum absolute atomic E-state index is 0.175. The van der Waals surface area contributed by atoms with Gasteiger partial charge < -0.3 is 10.1 Å². The van der Waals surface area contributed by atoms with E-state index in [1.165, 1.54) is 35.6 Å². The average Bonchev–Trinajstić information content (AvgIpc) is 3.06. The van der Waals surface area contributed by atoms with Gasteiger partial charge in [-0.15, -0.1) is 11.3 Å². The summed E-state index contributed by atoms with van der Waals surface area (Å²) in [7, 11) is 0. The van der Waals surface area contributed by atoms with Crippen molar-refractivity contribution < 1.29 is 18.7 Å². The van der Waals surface area contributed by atoms with E-state index in [0.717, 1.165) is 0 Å². The van der Waals surface area contributed by atoms with Crippen LogP contribution in [-0.4, -0.2) is 18.5 Å². The summed E-state index contributed by atoms with van der Waals surface area (Å²) < 4.78 is 18.4. The number of hydrogen-bond acceptors (Lipinski definition) is 4. The first-order valence-corrected chi connectivity index (χ1v) is 9.85. The third kappa shape index (κ3) is 4.35. The zero-order chi connectivity index (χ0) is 20.3. The van der Waals surface area contributed by atoms with Gasteiger partial charge in [-0.3, -0.25) is 4.79 Å². The van der Waals surface area contributed by atoms with Crippen LogP contribution in [0.1, 0.15) is 27.6 Å². The summed E-state index contributed by atoms with van der Waals surface area (Å²) in [5.41, 5.74) is 1.60. The first-order chi connectivity index (χ1) is 13.4. The fourth-order valence-corrected chi connectivity index (χ4v) is 3.99. The number of anilines is 1. The van der Waals surface area contributed by atoms with Crippen LogP contribution in [0.4, 0.5) is 9.39 Å². The molecule has 3 aromatic rings. The van der Waals surface area contributed by atoms with Crippen molar-refractivity contribution in [3.8, 4) is 11.1 Å². The Kier molecular flexibility index (Phi) is 6.34. The van der Waals surface area contributed by atoms with E-state index in [-0.39, 0.29) is 28.6 Å². The molecular weight excluding hydrogens is 424 g/mol. The zero-order valence-corrected chi connectivity index (χ0v) is 16.9. The van der Waals surface area contributed by atoms with Crippen LogP contribution < -0.4 is 5.32 Å². The molecule has 0 atom stereocenters. The number of amides is 1. The number of thiophene rings is 1. The molecule has 0 aliphatic carbocycles. The van der Waals surface area contributed by atoms with E-state index in [9.17, 15) is 14.0 Å². The number of rotatable bonds is 5. The van der Waals surface area contributed by atoms with Crippen molar-refractivity contribution >= 4 is 51.4 Å². The van der Waals surface area contributed by atoms with Gasteiger partial charge in [-0.2, -0.15) is 0 Å². The second-order valence-electron chi connectivity index (χ2n) is 5.66. The van der Waals surface area contributed by atoms with Gasteiger partial charge in [-0.05, 0) is 42.8 Å². The first-order valence-electron chi connectivity index (χ1n) is 8.21. The SMILES string of the molecule is CCOC(=O)c1c(-c2ccc(F)cc2)csc1NC(=O)c1ccc(Cl)cc1Cl. The van der Waals surface area contributed by atoms with Crippen molar-refractivity contribution in [3.05, 3.63) is 74.8 Å². The van der Waals surface area contributed by atoms with E-state index in [1.807, 2.05) is 0 Å². The quantitative estimate of drug-likeness (QED) is 0.477. The topological polar surface area (TPSA) is 55.4 Å². The monoisotopic (exact) mass is 437 g/mol. The van der Waals surface area contributed by atoms with Crippen molar-refractivity contribution in [2.24, 2.45) is 0 Å². The van der Waals surface area contributed by atoms with Crippen LogP contribution in [0, 0.1) is 5.82 Å². The van der Waals surface area contributed by atoms with E-state index in [2.05, 4.69) is 5.32 Å². The lowest BCUT2D eigenvalue weighted by atomic mass is 10.0. The molecule has 28 heavy (non-hydrogen) atoms. The highest BCUT2D eigenvalue weighted by Crippen LogP contribution is 2.37. The summed E-state index contributed by atoms with van der Waals surface area (Å²) >= 11 is 13.1. The minimum Gasteiger partial charge on any atom is -0.462 e. The number of hydrogen-bond donors (Lipinski definition) is 1. The number of carbonyl (C=O) groups excluding carboxylic acids is 2. The Balaban J connectivity index is 1.99. The third-order valence-corrected chi connectivity index (χ3v) is 5.27. The van der Waals surface area contributed by atoms with Gasteiger partial charge in [0.1, 0.15) is 16.4 Å². The second-order valence-corrected chi connectivity index (χ2v) is 7.38. The molecule has 0 radical (unpaired) electrons. The van der Waals surface area contributed by atoms with Crippen LogP contribution in [0.25, 0.3) is 11.1 Å². The van der Waals surface area contributed by atoms with Crippen molar-refractivity contribution in [1.29, 1.82) is 0 Å². The number of carbonyl (C=O) groups is 2. The Morgan fingerprint density at radius 3 is 2.50 bits per heavy atom. The fraction of sp³-hybridized carbons (Fsp3) is 0.100. The molecule has 0 unspecified atom stereocenters. The van der Waals surface area contributed by atoms with Crippen molar-refractivity contribution in [3.63, 3.8) is 0 Å². The summed E-state index contributed by atoms with van der Waals surface area (Å²) in [6.45, 7) is 1.86. The van der Waals surface area contributed by atoms with Gasteiger partial charge in [0.05, 0.1) is 17.2 Å². The maximum atomic E-state index is 13.2. The minimum atomic E-state index is -0.583. The van der Waals surface area contributed by atoms with Gasteiger partial charge in [-0.25, -0.2) is 9.18 Å². The predicted octanol–water partition coefficient (Wildman–Crippen LogP) is 6.29. The molecule has 4 nitrogen and oxygen atoms in total. The molecule has 1 amide bonds. The van der Waals surface area contributed by atoms with Gasteiger partial charge >= 0.3 is 5.97 Å². The van der Waals surface area contributed by atoms with Crippen LogP contribution in [0.2, 0.25) is 10.0 Å². The number of benzene rings is 2. The van der Waals surface area contributed by atoms with E-state index in [1.54, 1.807) is 30.5 Å². The van der Waals surface area contributed by atoms with Crippen molar-refractivity contribution in [1.82, 2.24) is 0 Å². The van der Waals surface area contributed by atoms with Crippen molar-refractivity contribution in [2.45, 2.75) is 6.92 Å². The average molecular weight is 438 g/mol. The summed E-state index contributed by atoms with van der Waals surface area (Å²) in [5, 5.41) is 5.32. The Morgan fingerprint density at radius 1 is 1.14 bits per heavy atom. The van der Waals surface area contributed by atoms with Gasteiger partial charge in [0.15, 0.2) is 0 Å². The highest BCUT2D eigenvalue weighted by atomic mass is 35.5. The Morgan fingerprint density at radius 2 is 1.86 bits per heavy atom. The molecule has 0 aliphatic rings. The number of ether oxygens (including phenoxy) is 1. The van der Waals surface area contributed by atoms with Crippen LogP contribution in [0.3, 0.4) is 0 Å². The Labute approximate surface area is 174 Å². The molecule has 0 bridgehead atoms. The molecule has 8 heteroatoms. The van der Waals surface area contributed by atoms with E-state index in [4.69, 9.17) is 27.9 Å². The molecular formula is C20H14Cl2FNO3S. The summed E-state index contributed by atoms with van der Waals surface area (Å²) in [6.07, 6.45) is 0. The number of esters is 1. The molecule has 0 spiro atoms. The predicted molar refractivity (Wildman–Crippen MR) is 110 cm³/mol. The first kappa shape index (κ1) is 20.3. The van der Waals surface area contributed by atoms with Gasteiger partial charge in [0, 0.05) is 16.0 Å². The molecule has 2 aromatic carbocycles.